The lowest BCUT2D eigenvalue weighted by Crippen LogP contribution is -2.12. The fourth-order valence-electron chi connectivity index (χ4n) is 2.53. The van der Waals surface area contributed by atoms with Gasteiger partial charge in [0.05, 0.1) is 18.2 Å². The summed E-state index contributed by atoms with van der Waals surface area (Å²) in [4.78, 5) is 12.6. The molecule has 0 fully saturated rings. The van der Waals surface area contributed by atoms with Gasteiger partial charge in [-0.15, -0.1) is 0 Å². The maximum Gasteiger partial charge on any atom is 0.255 e. The van der Waals surface area contributed by atoms with Gasteiger partial charge < -0.3 is 14.8 Å². The lowest BCUT2D eigenvalue weighted by atomic mass is 9.98. The van der Waals surface area contributed by atoms with Crippen LogP contribution in [0.15, 0.2) is 40.9 Å². The number of hydrogen-bond donors (Lipinski definition) is 1. The molecule has 1 N–H and O–H groups in total. The van der Waals surface area contributed by atoms with Crippen LogP contribution >= 0.6 is 15.9 Å². The number of carbonyl (C=O) groups excluding carboxylic acids is 1. The number of methoxy groups -OCH3 is 1. The lowest BCUT2D eigenvalue weighted by Gasteiger charge is -2.14. The van der Waals surface area contributed by atoms with Crippen LogP contribution in [0.1, 0.15) is 55.5 Å². The van der Waals surface area contributed by atoms with Crippen LogP contribution in [0.25, 0.3) is 0 Å². The van der Waals surface area contributed by atoms with Crippen molar-refractivity contribution in [2.75, 3.05) is 19.0 Å². The molecule has 2 aromatic carbocycles. The van der Waals surface area contributed by atoms with Gasteiger partial charge in [-0.2, -0.15) is 0 Å². The summed E-state index contributed by atoms with van der Waals surface area (Å²) in [7, 11) is 1.57. The van der Waals surface area contributed by atoms with E-state index in [0.29, 0.717) is 34.1 Å². The number of nitrogens with one attached hydrogen (secondary N) is 1. The minimum atomic E-state index is -0.192. The molecule has 2 rings (SSSR count). The highest BCUT2D eigenvalue weighted by Gasteiger charge is 2.16. The van der Waals surface area contributed by atoms with Crippen molar-refractivity contribution < 1.29 is 14.3 Å². The van der Waals surface area contributed by atoms with Gasteiger partial charge in [0.2, 0.25) is 0 Å². The normalized spacial score (nSPS) is 11.7. The van der Waals surface area contributed by atoms with Gasteiger partial charge in [0.15, 0.2) is 11.5 Å². The van der Waals surface area contributed by atoms with Crippen LogP contribution in [-0.4, -0.2) is 19.6 Å². The van der Waals surface area contributed by atoms with E-state index in [1.54, 1.807) is 19.2 Å². The molecule has 4 nitrogen and oxygen atoms in total. The number of anilines is 1. The summed E-state index contributed by atoms with van der Waals surface area (Å²) in [6.45, 7) is 6.98. The fraction of sp³-hybridized carbons (Fsp3) is 0.381. The average molecular weight is 420 g/mol. The zero-order chi connectivity index (χ0) is 19.1. The quantitative estimate of drug-likeness (QED) is 0.569. The van der Waals surface area contributed by atoms with E-state index >= 15 is 0 Å². The summed E-state index contributed by atoms with van der Waals surface area (Å²) in [5.74, 6) is 1.46. The maximum atomic E-state index is 12.6. The Balaban J connectivity index is 2.17. The molecule has 1 atom stereocenters. The van der Waals surface area contributed by atoms with Crippen LogP contribution in [0.2, 0.25) is 0 Å². The van der Waals surface area contributed by atoms with Crippen molar-refractivity contribution in [3.05, 3.63) is 52.0 Å². The molecule has 0 aliphatic heterocycles. The summed E-state index contributed by atoms with van der Waals surface area (Å²) in [6, 6.07) is 11.4. The number of carbonyl (C=O) groups is 1. The zero-order valence-corrected chi connectivity index (χ0v) is 17.4. The Bertz CT molecular complexity index is 744. The first-order chi connectivity index (χ1) is 12.5. The predicted octanol–water partition coefficient (Wildman–Crippen LogP) is 6.01. The monoisotopic (exact) mass is 419 g/mol. The summed E-state index contributed by atoms with van der Waals surface area (Å²) in [5.41, 5.74) is 2.54. The zero-order valence-electron chi connectivity index (χ0n) is 15.8. The summed E-state index contributed by atoms with van der Waals surface area (Å²) in [5, 5.41) is 2.93. The topological polar surface area (TPSA) is 47.6 Å². The van der Waals surface area contributed by atoms with E-state index in [-0.39, 0.29) is 5.91 Å². The standard InChI is InChI=1S/C21H26BrNO3/c1-5-11-26-20-18(22)12-16(13-19(20)25-4)21(24)23-17-9-7-15(8-10-17)14(3)6-2/h7-10,12-14H,5-6,11H2,1-4H3,(H,23,24)/t14-/m0/s1. The summed E-state index contributed by atoms with van der Waals surface area (Å²) >= 11 is 3.47. The Morgan fingerprint density at radius 2 is 1.88 bits per heavy atom. The second-order valence-electron chi connectivity index (χ2n) is 6.22. The second-order valence-corrected chi connectivity index (χ2v) is 7.08. The van der Waals surface area contributed by atoms with Crippen LogP contribution in [0.3, 0.4) is 0 Å². The average Bonchev–Trinajstić information content (AvgIpc) is 2.66. The Morgan fingerprint density at radius 1 is 1.19 bits per heavy atom. The number of ether oxygens (including phenoxy) is 2. The Labute approximate surface area is 164 Å². The second kappa shape index (κ2) is 9.62. The van der Waals surface area contributed by atoms with Crippen molar-refractivity contribution in [3.63, 3.8) is 0 Å². The van der Waals surface area contributed by atoms with E-state index in [4.69, 9.17) is 9.47 Å². The smallest absolute Gasteiger partial charge is 0.255 e. The molecule has 0 aliphatic carbocycles. The predicted molar refractivity (Wildman–Crippen MR) is 110 cm³/mol. The van der Waals surface area contributed by atoms with Gasteiger partial charge in [-0.05, 0) is 64.5 Å². The molecule has 26 heavy (non-hydrogen) atoms. The number of amides is 1. The molecule has 1 amide bonds. The molecule has 0 saturated carbocycles. The molecule has 2 aromatic rings. The Hall–Kier alpha value is -2.01. The van der Waals surface area contributed by atoms with Gasteiger partial charge in [0, 0.05) is 11.3 Å². The van der Waals surface area contributed by atoms with Gasteiger partial charge in [-0.1, -0.05) is 32.9 Å². The highest BCUT2D eigenvalue weighted by molar-refractivity contribution is 9.10. The van der Waals surface area contributed by atoms with Crippen molar-refractivity contribution in [2.45, 2.75) is 39.5 Å². The van der Waals surface area contributed by atoms with Crippen molar-refractivity contribution in [2.24, 2.45) is 0 Å². The third-order valence-electron chi connectivity index (χ3n) is 4.29. The number of halogens is 1. The minimum Gasteiger partial charge on any atom is -0.493 e. The first kappa shape index (κ1) is 20.3. The van der Waals surface area contributed by atoms with Gasteiger partial charge >= 0.3 is 0 Å². The summed E-state index contributed by atoms with van der Waals surface area (Å²) < 4.78 is 11.8. The SMILES string of the molecule is CCCOc1c(Br)cc(C(=O)Nc2ccc([C@@H](C)CC)cc2)cc1OC. The Morgan fingerprint density at radius 3 is 2.46 bits per heavy atom. The first-order valence-corrected chi connectivity index (χ1v) is 9.71. The number of rotatable bonds is 8. The van der Waals surface area contributed by atoms with E-state index in [9.17, 15) is 4.79 Å². The largest absolute Gasteiger partial charge is 0.493 e. The van der Waals surface area contributed by atoms with Gasteiger partial charge in [-0.3, -0.25) is 4.79 Å². The van der Waals surface area contributed by atoms with E-state index in [2.05, 4.69) is 47.2 Å². The van der Waals surface area contributed by atoms with Crippen molar-refractivity contribution in [1.82, 2.24) is 0 Å². The van der Waals surface area contributed by atoms with Crippen LogP contribution < -0.4 is 14.8 Å². The maximum absolute atomic E-state index is 12.6. The molecule has 0 saturated heterocycles. The summed E-state index contributed by atoms with van der Waals surface area (Å²) in [6.07, 6.45) is 1.98. The molecule has 0 radical (unpaired) electrons. The number of hydrogen-bond acceptors (Lipinski definition) is 3. The lowest BCUT2D eigenvalue weighted by molar-refractivity contribution is 0.102. The van der Waals surface area contributed by atoms with Crippen molar-refractivity contribution in [3.8, 4) is 11.5 Å². The fourth-order valence-corrected chi connectivity index (χ4v) is 3.09. The molecular weight excluding hydrogens is 394 g/mol. The van der Waals surface area contributed by atoms with E-state index < -0.39 is 0 Å². The van der Waals surface area contributed by atoms with E-state index in [1.807, 2.05) is 19.1 Å². The van der Waals surface area contributed by atoms with E-state index in [0.717, 1.165) is 18.5 Å². The van der Waals surface area contributed by atoms with Crippen LogP contribution in [-0.2, 0) is 0 Å². The van der Waals surface area contributed by atoms with Crippen molar-refractivity contribution in [1.29, 1.82) is 0 Å². The Kier molecular flexibility index (Phi) is 7.51. The highest BCUT2D eigenvalue weighted by atomic mass is 79.9. The van der Waals surface area contributed by atoms with Crippen molar-refractivity contribution >= 4 is 27.5 Å². The van der Waals surface area contributed by atoms with Gasteiger partial charge in [0.1, 0.15) is 0 Å². The molecule has 5 heteroatoms. The molecular formula is C21H26BrNO3. The third kappa shape index (κ3) is 5.01. The molecule has 0 bridgehead atoms. The van der Waals surface area contributed by atoms with Gasteiger partial charge in [0.25, 0.3) is 5.91 Å². The number of benzene rings is 2. The molecule has 140 valence electrons. The molecule has 0 spiro atoms. The molecule has 0 unspecified atom stereocenters. The van der Waals surface area contributed by atoms with Crippen LogP contribution in [0.5, 0.6) is 11.5 Å². The van der Waals surface area contributed by atoms with Crippen LogP contribution in [0, 0.1) is 0 Å². The third-order valence-corrected chi connectivity index (χ3v) is 4.88. The highest BCUT2D eigenvalue weighted by Crippen LogP contribution is 2.37. The van der Waals surface area contributed by atoms with Crippen LogP contribution in [0.4, 0.5) is 5.69 Å². The minimum absolute atomic E-state index is 0.192. The van der Waals surface area contributed by atoms with Gasteiger partial charge in [-0.25, -0.2) is 0 Å². The molecule has 0 heterocycles. The molecule has 0 aromatic heterocycles. The molecule has 0 aliphatic rings. The first-order valence-electron chi connectivity index (χ1n) is 8.91. The van der Waals surface area contributed by atoms with E-state index in [1.165, 1.54) is 5.56 Å².